The summed E-state index contributed by atoms with van der Waals surface area (Å²) in [6.07, 6.45) is 11.0. The number of halogens is 1. The van der Waals surface area contributed by atoms with Crippen molar-refractivity contribution in [1.82, 2.24) is 35.0 Å². The molecular weight excluding hydrogens is 457 g/mol. The summed E-state index contributed by atoms with van der Waals surface area (Å²) in [5.74, 6) is 0.226. The minimum Gasteiger partial charge on any atom is -0.472 e. The van der Waals surface area contributed by atoms with E-state index < -0.39 is 0 Å². The number of nitrogens with zero attached hydrogens (tertiary/aromatic N) is 5. The zero-order valence-electron chi connectivity index (χ0n) is 19.3. The maximum Gasteiger partial charge on any atom is 0.178 e. The van der Waals surface area contributed by atoms with Crippen LogP contribution < -0.4 is 0 Å². The molecule has 0 unspecified atom stereocenters. The van der Waals surface area contributed by atoms with Gasteiger partial charge in [0.25, 0.3) is 0 Å². The Morgan fingerprint density at radius 2 is 1.94 bits per heavy atom. The first-order valence-corrected chi connectivity index (χ1v) is 11.9. The Kier molecular flexibility index (Phi) is 4.88. The number of furan rings is 1. The number of likely N-dealkylation sites (tertiary alicyclic amines) is 1. The lowest BCUT2D eigenvalue weighted by Gasteiger charge is -2.15. The van der Waals surface area contributed by atoms with Crippen molar-refractivity contribution in [3.05, 3.63) is 72.8 Å². The second-order valence-corrected chi connectivity index (χ2v) is 9.17. The van der Waals surface area contributed by atoms with Crippen molar-refractivity contribution in [2.45, 2.75) is 19.4 Å². The van der Waals surface area contributed by atoms with Crippen LogP contribution in [-0.4, -0.2) is 48.1 Å². The van der Waals surface area contributed by atoms with Crippen LogP contribution in [0, 0.1) is 5.82 Å². The maximum atomic E-state index is 15.2. The monoisotopic (exact) mass is 479 g/mol. The summed E-state index contributed by atoms with van der Waals surface area (Å²) in [7, 11) is 0. The Morgan fingerprint density at radius 3 is 2.81 bits per heavy atom. The van der Waals surface area contributed by atoms with E-state index in [4.69, 9.17) is 4.42 Å². The van der Waals surface area contributed by atoms with Gasteiger partial charge in [0, 0.05) is 58.8 Å². The molecule has 36 heavy (non-hydrogen) atoms. The van der Waals surface area contributed by atoms with Gasteiger partial charge in [0.05, 0.1) is 23.6 Å². The van der Waals surface area contributed by atoms with Crippen molar-refractivity contribution in [2.75, 3.05) is 13.1 Å². The van der Waals surface area contributed by atoms with Crippen molar-refractivity contribution in [1.29, 1.82) is 0 Å². The largest absolute Gasteiger partial charge is 0.472 e. The molecule has 6 heterocycles. The molecule has 6 aromatic rings. The highest BCUT2D eigenvalue weighted by Crippen LogP contribution is 2.34. The number of hydrogen-bond acceptors (Lipinski definition) is 6. The Balaban J connectivity index is 1.31. The summed E-state index contributed by atoms with van der Waals surface area (Å²) in [5, 5.41) is 8.17. The second kappa shape index (κ2) is 8.39. The number of fused-ring (bicyclic) bond motifs is 2. The van der Waals surface area contributed by atoms with Gasteiger partial charge in [-0.15, -0.1) is 0 Å². The van der Waals surface area contributed by atoms with Crippen LogP contribution in [0.25, 0.3) is 55.8 Å². The number of H-pyrrole nitrogens is 2. The summed E-state index contributed by atoms with van der Waals surface area (Å²) >= 11 is 0. The lowest BCUT2D eigenvalue weighted by molar-refractivity contribution is 0.331. The molecule has 1 aliphatic heterocycles. The molecular formula is C27H22FN7O. The van der Waals surface area contributed by atoms with Gasteiger partial charge in [-0.3, -0.25) is 15.0 Å². The third kappa shape index (κ3) is 3.56. The predicted molar refractivity (Wildman–Crippen MR) is 134 cm³/mol. The molecule has 1 saturated heterocycles. The molecule has 1 fully saturated rings. The molecule has 0 aliphatic carbocycles. The van der Waals surface area contributed by atoms with E-state index in [0.717, 1.165) is 52.8 Å². The minimum atomic E-state index is -0.327. The van der Waals surface area contributed by atoms with E-state index in [1.807, 2.05) is 30.5 Å². The fraction of sp³-hybridized carbons (Fsp3) is 0.185. The molecule has 0 bridgehead atoms. The first-order chi connectivity index (χ1) is 17.7. The standard InChI is InChI=1S/C27H22FN7O/c28-22-11-23-21(10-20(22)18-9-16(12-29-13-18)14-35-6-1-2-7-35)25(34-33-23)27-31-24-19(17-4-8-36-15-17)3-5-30-26(24)32-27/h3-5,8-13,15H,1-2,6-7,14H2,(H,33,34)(H,30,31,32). The average molecular weight is 480 g/mol. The highest BCUT2D eigenvalue weighted by atomic mass is 19.1. The van der Waals surface area contributed by atoms with E-state index in [2.05, 4.69) is 35.0 Å². The Hall–Kier alpha value is -4.37. The average Bonchev–Trinajstić information content (AvgIpc) is 3.70. The predicted octanol–water partition coefficient (Wildman–Crippen LogP) is 5.56. The second-order valence-electron chi connectivity index (χ2n) is 9.17. The van der Waals surface area contributed by atoms with Crippen LogP contribution in [0.1, 0.15) is 18.4 Å². The highest BCUT2D eigenvalue weighted by molar-refractivity contribution is 5.97. The van der Waals surface area contributed by atoms with Gasteiger partial charge >= 0.3 is 0 Å². The first-order valence-electron chi connectivity index (χ1n) is 11.9. The van der Waals surface area contributed by atoms with E-state index in [0.29, 0.717) is 28.2 Å². The molecule has 5 aromatic heterocycles. The molecule has 7 rings (SSSR count). The molecule has 0 spiro atoms. The van der Waals surface area contributed by atoms with Gasteiger partial charge in [-0.2, -0.15) is 5.10 Å². The fourth-order valence-electron chi connectivity index (χ4n) is 5.04. The van der Waals surface area contributed by atoms with E-state index in [-0.39, 0.29) is 5.82 Å². The molecule has 0 radical (unpaired) electrons. The number of rotatable bonds is 5. The fourth-order valence-corrected chi connectivity index (χ4v) is 5.04. The van der Waals surface area contributed by atoms with Crippen LogP contribution in [0.15, 0.2) is 65.9 Å². The molecule has 0 atom stereocenters. The van der Waals surface area contributed by atoms with Crippen molar-refractivity contribution in [3.8, 4) is 33.8 Å². The topological polar surface area (TPSA) is 99.5 Å². The van der Waals surface area contributed by atoms with E-state index in [1.54, 1.807) is 24.9 Å². The van der Waals surface area contributed by atoms with Crippen LogP contribution in [0.5, 0.6) is 0 Å². The molecule has 8 nitrogen and oxygen atoms in total. The zero-order chi connectivity index (χ0) is 24.1. The van der Waals surface area contributed by atoms with Crippen LogP contribution in [0.2, 0.25) is 0 Å². The normalized spacial score (nSPS) is 14.4. The smallest absolute Gasteiger partial charge is 0.178 e. The quantitative estimate of drug-likeness (QED) is 0.336. The first kappa shape index (κ1) is 21.0. The summed E-state index contributed by atoms with van der Waals surface area (Å²) in [6.45, 7) is 3.02. The van der Waals surface area contributed by atoms with Gasteiger partial charge in [-0.05, 0) is 55.8 Å². The van der Waals surface area contributed by atoms with Crippen LogP contribution in [0.4, 0.5) is 4.39 Å². The Morgan fingerprint density at radius 1 is 1.03 bits per heavy atom. The summed E-state index contributed by atoms with van der Waals surface area (Å²) in [6, 6.07) is 9.12. The Labute approximate surface area is 205 Å². The lowest BCUT2D eigenvalue weighted by Crippen LogP contribution is -2.18. The molecule has 0 saturated carbocycles. The zero-order valence-corrected chi connectivity index (χ0v) is 19.3. The maximum absolute atomic E-state index is 15.2. The Bertz CT molecular complexity index is 1700. The number of nitrogens with one attached hydrogen (secondary N) is 2. The number of pyridine rings is 2. The number of imidazole rings is 1. The van der Waals surface area contributed by atoms with Gasteiger partial charge in [0.1, 0.15) is 11.5 Å². The number of benzene rings is 1. The molecule has 178 valence electrons. The van der Waals surface area contributed by atoms with Gasteiger partial charge in [-0.25, -0.2) is 14.4 Å². The third-order valence-electron chi connectivity index (χ3n) is 6.81. The van der Waals surface area contributed by atoms with Crippen LogP contribution in [-0.2, 0) is 6.54 Å². The van der Waals surface area contributed by atoms with Gasteiger partial charge in [0.2, 0.25) is 0 Å². The van der Waals surface area contributed by atoms with Crippen molar-refractivity contribution in [2.24, 2.45) is 0 Å². The lowest BCUT2D eigenvalue weighted by atomic mass is 10.0. The van der Waals surface area contributed by atoms with Crippen LogP contribution >= 0.6 is 0 Å². The van der Waals surface area contributed by atoms with E-state index >= 15 is 4.39 Å². The van der Waals surface area contributed by atoms with Gasteiger partial charge in [0.15, 0.2) is 11.5 Å². The SMILES string of the molecule is Fc1cc2[nH]nc(-c3nc4nccc(-c5ccoc5)c4[nH]3)c2cc1-c1cncc(CN2CCCC2)c1. The summed E-state index contributed by atoms with van der Waals surface area (Å²) in [4.78, 5) is 19.3. The number of aromatic nitrogens is 6. The van der Waals surface area contributed by atoms with Crippen molar-refractivity contribution < 1.29 is 8.81 Å². The molecule has 0 amide bonds. The molecule has 9 heteroatoms. The molecule has 1 aliphatic rings. The minimum absolute atomic E-state index is 0.327. The van der Waals surface area contributed by atoms with E-state index in [1.165, 1.54) is 18.9 Å². The summed E-state index contributed by atoms with van der Waals surface area (Å²) in [5.41, 5.74) is 6.71. The van der Waals surface area contributed by atoms with Gasteiger partial charge < -0.3 is 9.40 Å². The van der Waals surface area contributed by atoms with Crippen LogP contribution in [0.3, 0.4) is 0 Å². The van der Waals surface area contributed by atoms with Gasteiger partial charge in [-0.1, -0.05) is 0 Å². The molecule has 2 N–H and O–H groups in total. The summed E-state index contributed by atoms with van der Waals surface area (Å²) < 4.78 is 20.5. The van der Waals surface area contributed by atoms with Crippen molar-refractivity contribution in [3.63, 3.8) is 0 Å². The van der Waals surface area contributed by atoms with Crippen molar-refractivity contribution >= 4 is 22.1 Å². The highest BCUT2D eigenvalue weighted by Gasteiger charge is 2.19. The number of aromatic amines is 2. The molecule has 1 aromatic carbocycles. The number of hydrogen-bond donors (Lipinski definition) is 2. The third-order valence-corrected chi connectivity index (χ3v) is 6.81. The van der Waals surface area contributed by atoms with E-state index in [9.17, 15) is 0 Å².